The van der Waals surface area contributed by atoms with Crippen LogP contribution < -0.4 is 0 Å². The topological polar surface area (TPSA) is 53.9 Å². The maximum Gasteiger partial charge on any atom is 0.256 e. The number of rotatable bonds is 5. The summed E-state index contributed by atoms with van der Waals surface area (Å²) in [6, 6.07) is 10.6. The van der Waals surface area contributed by atoms with Crippen LogP contribution in [0.3, 0.4) is 0 Å². The Kier molecular flexibility index (Phi) is 4.94. The molecule has 1 atom stereocenters. The number of nitrogens with zero attached hydrogens (tertiary/aromatic N) is 3. The van der Waals surface area contributed by atoms with Crippen molar-refractivity contribution < 1.29 is 4.79 Å². The summed E-state index contributed by atoms with van der Waals surface area (Å²) in [5.74, 6) is 0.174. The van der Waals surface area contributed by atoms with Crippen molar-refractivity contribution in [3.8, 4) is 0 Å². The Labute approximate surface area is 182 Å². The first-order valence-electron chi connectivity index (χ1n) is 10.8. The first-order chi connectivity index (χ1) is 14.5. The van der Waals surface area contributed by atoms with Crippen LogP contribution in [0.4, 0.5) is 0 Å². The van der Waals surface area contributed by atoms with E-state index >= 15 is 0 Å². The van der Waals surface area contributed by atoms with E-state index in [1.165, 1.54) is 11.3 Å². The van der Waals surface area contributed by atoms with Crippen LogP contribution in [0.2, 0.25) is 5.02 Å². The van der Waals surface area contributed by atoms with Crippen molar-refractivity contribution in [2.24, 2.45) is 0 Å². The molecule has 0 aliphatic heterocycles. The molecule has 0 saturated heterocycles. The lowest BCUT2D eigenvalue weighted by Crippen LogP contribution is -2.45. The van der Waals surface area contributed by atoms with E-state index in [9.17, 15) is 4.79 Å². The molecule has 1 amide bonds. The molecule has 156 valence electrons. The van der Waals surface area contributed by atoms with Crippen molar-refractivity contribution in [1.29, 1.82) is 0 Å². The molecule has 0 bridgehead atoms. The van der Waals surface area contributed by atoms with Gasteiger partial charge in [0.05, 0.1) is 11.8 Å². The van der Waals surface area contributed by atoms with Gasteiger partial charge in [-0.3, -0.25) is 9.89 Å². The molecule has 0 radical (unpaired) electrons. The van der Waals surface area contributed by atoms with E-state index in [4.69, 9.17) is 11.6 Å². The fourth-order valence-electron chi connectivity index (χ4n) is 4.81. The van der Waals surface area contributed by atoms with Crippen LogP contribution in [0.1, 0.15) is 57.8 Å². The Morgan fingerprint density at radius 3 is 2.80 bits per heavy atom. The zero-order valence-electron chi connectivity index (χ0n) is 17.5. The van der Waals surface area contributed by atoms with Gasteiger partial charge in [-0.2, -0.15) is 5.10 Å². The molecule has 5 nitrogen and oxygen atoms in total. The lowest BCUT2D eigenvalue weighted by molar-refractivity contribution is 0.0642. The molecule has 3 aromatic rings. The number of hydrogen-bond acceptors (Lipinski definition) is 2. The zero-order valence-corrected chi connectivity index (χ0v) is 18.2. The van der Waals surface area contributed by atoms with E-state index in [0.29, 0.717) is 12.6 Å². The van der Waals surface area contributed by atoms with Gasteiger partial charge in [0.15, 0.2) is 0 Å². The number of carbonyl (C=O) groups excluding carboxylic acids is 1. The van der Waals surface area contributed by atoms with Crippen molar-refractivity contribution in [3.63, 3.8) is 0 Å². The second-order valence-corrected chi connectivity index (χ2v) is 9.08. The molecule has 1 aromatic carbocycles. The molecular weight excluding hydrogens is 396 g/mol. The van der Waals surface area contributed by atoms with Gasteiger partial charge in [-0.1, -0.05) is 29.8 Å². The van der Waals surface area contributed by atoms with Gasteiger partial charge in [0.25, 0.3) is 5.91 Å². The third-order valence-corrected chi connectivity index (χ3v) is 7.02. The molecule has 1 saturated carbocycles. The Morgan fingerprint density at radius 1 is 1.23 bits per heavy atom. The summed E-state index contributed by atoms with van der Waals surface area (Å²) in [6.07, 6.45) is 6.99. The molecule has 1 unspecified atom stereocenters. The summed E-state index contributed by atoms with van der Waals surface area (Å²) in [4.78, 5) is 15.9. The molecule has 2 heterocycles. The highest BCUT2D eigenvalue weighted by Crippen LogP contribution is 2.35. The number of H-pyrrole nitrogens is 1. The average molecular weight is 423 g/mol. The second kappa shape index (κ2) is 7.62. The zero-order chi connectivity index (χ0) is 20.8. The van der Waals surface area contributed by atoms with E-state index in [0.717, 1.165) is 59.6 Å². The second-order valence-electron chi connectivity index (χ2n) is 8.68. The van der Waals surface area contributed by atoms with E-state index < -0.39 is 0 Å². The average Bonchev–Trinajstić information content (AvgIpc) is 3.38. The van der Waals surface area contributed by atoms with Gasteiger partial charge in [0.2, 0.25) is 0 Å². The van der Waals surface area contributed by atoms with Crippen LogP contribution in [0, 0.1) is 13.8 Å². The standard InChI is InChI=1S/C24H27ClN4O/c1-15-11-21(16(2)28(15)14-17-5-3-4-6-22(17)25)24(30)29(19-7-8-19)20-9-10-23-18(12-20)13-26-27-23/h3-6,11,13,19-20H,7-10,12,14H2,1-2H3,(H,26,27). The predicted octanol–water partition coefficient (Wildman–Crippen LogP) is 4.69. The highest BCUT2D eigenvalue weighted by atomic mass is 35.5. The molecule has 2 aromatic heterocycles. The number of aromatic amines is 1. The summed E-state index contributed by atoms with van der Waals surface area (Å²) in [5.41, 5.74) is 6.49. The minimum atomic E-state index is 0.174. The van der Waals surface area contributed by atoms with Crippen LogP contribution in [-0.4, -0.2) is 37.7 Å². The van der Waals surface area contributed by atoms with Crippen molar-refractivity contribution in [1.82, 2.24) is 19.7 Å². The number of aryl methyl sites for hydroxylation is 2. The molecule has 2 aliphatic rings. The van der Waals surface area contributed by atoms with Crippen molar-refractivity contribution in [3.05, 3.63) is 75.3 Å². The number of aromatic nitrogens is 3. The number of fused-ring (bicyclic) bond motifs is 1. The summed E-state index contributed by atoms with van der Waals surface area (Å²) in [5, 5.41) is 8.06. The number of amides is 1. The molecule has 30 heavy (non-hydrogen) atoms. The van der Waals surface area contributed by atoms with Gasteiger partial charge in [0.1, 0.15) is 0 Å². The molecule has 2 aliphatic carbocycles. The van der Waals surface area contributed by atoms with E-state index in [2.05, 4.69) is 39.6 Å². The van der Waals surface area contributed by atoms with Gasteiger partial charge in [-0.25, -0.2) is 0 Å². The fourth-order valence-corrected chi connectivity index (χ4v) is 5.01. The van der Waals surface area contributed by atoms with Gasteiger partial charge in [-0.05, 0) is 69.2 Å². The molecule has 5 rings (SSSR count). The SMILES string of the molecule is Cc1cc(C(=O)N(C2CC2)C2CCc3[nH]ncc3C2)c(C)n1Cc1ccccc1Cl. The largest absolute Gasteiger partial charge is 0.344 e. The monoisotopic (exact) mass is 422 g/mol. The molecule has 0 spiro atoms. The van der Waals surface area contributed by atoms with Crippen LogP contribution in [0.5, 0.6) is 0 Å². The van der Waals surface area contributed by atoms with Crippen molar-refractivity contribution in [2.75, 3.05) is 0 Å². The Bertz CT molecular complexity index is 1090. The van der Waals surface area contributed by atoms with E-state index in [-0.39, 0.29) is 11.9 Å². The van der Waals surface area contributed by atoms with Crippen LogP contribution in [-0.2, 0) is 19.4 Å². The van der Waals surface area contributed by atoms with Gasteiger partial charge in [-0.15, -0.1) is 0 Å². The summed E-state index contributed by atoms with van der Waals surface area (Å²) >= 11 is 6.39. The van der Waals surface area contributed by atoms with Crippen LogP contribution in [0.15, 0.2) is 36.5 Å². The highest BCUT2D eigenvalue weighted by Gasteiger charge is 2.40. The van der Waals surface area contributed by atoms with Crippen molar-refractivity contribution >= 4 is 17.5 Å². The third-order valence-electron chi connectivity index (χ3n) is 6.65. The molecule has 1 fully saturated rings. The van der Waals surface area contributed by atoms with Gasteiger partial charge in [0, 0.05) is 40.7 Å². The van der Waals surface area contributed by atoms with Gasteiger partial charge >= 0.3 is 0 Å². The number of benzene rings is 1. The number of nitrogens with one attached hydrogen (secondary N) is 1. The lowest BCUT2D eigenvalue weighted by Gasteiger charge is -2.34. The van der Waals surface area contributed by atoms with Crippen LogP contribution in [0.25, 0.3) is 0 Å². The minimum Gasteiger partial charge on any atom is -0.344 e. The quantitative estimate of drug-likeness (QED) is 0.648. The lowest BCUT2D eigenvalue weighted by atomic mass is 9.92. The van der Waals surface area contributed by atoms with E-state index in [1.54, 1.807) is 0 Å². The summed E-state index contributed by atoms with van der Waals surface area (Å²) in [6.45, 7) is 4.80. The highest BCUT2D eigenvalue weighted by molar-refractivity contribution is 6.31. The summed E-state index contributed by atoms with van der Waals surface area (Å²) < 4.78 is 2.20. The Morgan fingerprint density at radius 2 is 2.03 bits per heavy atom. The van der Waals surface area contributed by atoms with Crippen molar-refractivity contribution in [2.45, 2.75) is 64.6 Å². The maximum atomic E-state index is 13.7. The number of halogens is 1. The first-order valence-corrected chi connectivity index (χ1v) is 11.1. The van der Waals surface area contributed by atoms with Gasteiger partial charge < -0.3 is 9.47 Å². The predicted molar refractivity (Wildman–Crippen MR) is 118 cm³/mol. The fraction of sp³-hybridized carbons (Fsp3) is 0.417. The Hall–Kier alpha value is -2.53. The number of hydrogen-bond donors (Lipinski definition) is 1. The smallest absolute Gasteiger partial charge is 0.256 e. The molecule has 1 N–H and O–H groups in total. The minimum absolute atomic E-state index is 0.174. The number of carbonyl (C=O) groups is 1. The Balaban J connectivity index is 1.43. The molecular formula is C24H27ClN4O. The normalized spacial score (nSPS) is 18.3. The van der Waals surface area contributed by atoms with Crippen LogP contribution >= 0.6 is 11.6 Å². The maximum absolute atomic E-state index is 13.7. The third kappa shape index (κ3) is 3.45. The summed E-state index contributed by atoms with van der Waals surface area (Å²) in [7, 11) is 0. The van der Waals surface area contributed by atoms with E-state index in [1.807, 2.05) is 30.5 Å². The first kappa shape index (κ1) is 19.4. The molecule has 6 heteroatoms.